The highest BCUT2D eigenvalue weighted by atomic mass is 79.9. The van der Waals surface area contributed by atoms with Gasteiger partial charge in [0.2, 0.25) is 0 Å². The van der Waals surface area contributed by atoms with Gasteiger partial charge in [-0.15, -0.1) is 0 Å². The molecule has 0 fully saturated rings. The van der Waals surface area contributed by atoms with Crippen LogP contribution in [-0.2, 0) is 4.84 Å². The molecule has 0 aliphatic rings. The van der Waals surface area contributed by atoms with Crippen molar-refractivity contribution in [3.63, 3.8) is 0 Å². The van der Waals surface area contributed by atoms with Crippen LogP contribution in [0.25, 0.3) is 11.0 Å². The molecule has 0 saturated heterocycles. The first kappa shape index (κ1) is 9.23. The number of nitrogens with two attached hydrogens (primary N) is 1. The zero-order chi connectivity index (χ0) is 10.1. The molecule has 72 valence electrons. The third-order valence-electron chi connectivity index (χ3n) is 1.86. The van der Waals surface area contributed by atoms with Crippen molar-refractivity contribution in [1.29, 1.82) is 0 Å². The van der Waals surface area contributed by atoms with Crippen LogP contribution in [0.2, 0.25) is 0 Å². The fourth-order valence-corrected chi connectivity index (χ4v) is 1.58. The minimum absolute atomic E-state index is 0.323. The molecule has 2 rings (SSSR count). The number of carbonyl (C=O) groups excluding carboxylic acids is 1. The third-order valence-corrected chi connectivity index (χ3v) is 2.36. The summed E-state index contributed by atoms with van der Waals surface area (Å²) >= 11 is 3.30. The Morgan fingerprint density at radius 3 is 3.00 bits per heavy atom. The van der Waals surface area contributed by atoms with E-state index in [1.807, 2.05) is 6.07 Å². The molecule has 0 unspecified atom stereocenters. The Morgan fingerprint density at radius 1 is 1.50 bits per heavy atom. The molecular formula is C9H6BrNO3. The van der Waals surface area contributed by atoms with Gasteiger partial charge in [0, 0.05) is 9.86 Å². The average molecular weight is 256 g/mol. The maximum absolute atomic E-state index is 11.2. The van der Waals surface area contributed by atoms with Crippen LogP contribution < -0.4 is 5.90 Å². The molecule has 2 aromatic rings. The van der Waals surface area contributed by atoms with Crippen molar-refractivity contribution in [3.8, 4) is 0 Å². The van der Waals surface area contributed by atoms with Crippen LogP contribution in [0.4, 0.5) is 0 Å². The number of furan rings is 1. The molecule has 1 aromatic carbocycles. The Balaban J connectivity index is 2.67. The lowest BCUT2D eigenvalue weighted by Gasteiger charge is -1.94. The number of hydrogen-bond donors (Lipinski definition) is 1. The Hall–Kier alpha value is -1.33. The van der Waals surface area contributed by atoms with E-state index in [4.69, 9.17) is 10.3 Å². The summed E-state index contributed by atoms with van der Waals surface area (Å²) in [5, 5.41) is 0.676. The zero-order valence-corrected chi connectivity index (χ0v) is 8.58. The summed E-state index contributed by atoms with van der Waals surface area (Å²) in [7, 11) is 0. The van der Waals surface area contributed by atoms with Gasteiger partial charge in [0.25, 0.3) is 0 Å². The molecule has 0 atom stereocenters. The van der Waals surface area contributed by atoms with Crippen molar-refractivity contribution in [2.24, 2.45) is 5.90 Å². The summed E-state index contributed by atoms with van der Waals surface area (Å²) in [6, 6.07) is 5.35. The van der Waals surface area contributed by atoms with E-state index in [0.29, 0.717) is 16.5 Å². The van der Waals surface area contributed by atoms with Gasteiger partial charge >= 0.3 is 5.97 Å². The summed E-state index contributed by atoms with van der Waals surface area (Å²) in [5.74, 6) is 4.18. The highest BCUT2D eigenvalue weighted by Gasteiger charge is 2.14. The second kappa shape index (κ2) is 3.43. The first-order valence-corrected chi connectivity index (χ1v) is 4.59. The van der Waals surface area contributed by atoms with E-state index < -0.39 is 5.97 Å². The summed E-state index contributed by atoms with van der Waals surface area (Å²) in [6.07, 6.45) is 1.33. The Morgan fingerprint density at radius 2 is 2.29 bits per heavy atom. The van der Waals surface area contributed by atoms with E-state index in [9.17, 15) is 4.79 Å². The number of hydrogen-bond acceptors (Lipinski definition) is 4. The highest BCUT2D eigenvalue weighted by molar-refractivity contribution is 9.10. The van der Waals surface area contributed by atoms with Crippen LogP contribution in [0.3, 0.4) is 0 Å². The minimum atomic E-state index is -0.609. The van der Waals surface area contributed by atoms with E-state index in [0.717, 1.165) is 4.47 Å². The van der Waals surface area contributed by atoms with Gasteiger partial charge in [0.05, 0.1) is 0 Å². The molecule has 1 heterocycles. The van der Waals surface area contributed by atoms with Gasteiger partial charge in [0.1, 0.15) is 17.4 Å². The normalized spacial score (nSPS) is 10.4. The highest BCUT2D eigenvalue weighted by Crippen LogP contribution is 2.25. The quantitative estimate of drug-likeness (QED) is 0.794. The first-order valence-electron chi connectivity index (χ1n) is 3.80. The monoisotopic (exact) mass is 255 g/mol. The van der Waals surface area contributed by atoms with Crippen molar-refractivity contribution in [2.45, 2.75) is 0 Å². The van der Waals surface area contributed by atoms with Crippen LogP contribution >= 0.6 is 15.9 Å². The molecule has 0 radical (unpaired) electrons. The summed E-state index contributed by atoms with van der Waals surface area (Å²) < 4.78 is 6.01. The summed E-state index contributed by atoms with van der Waals surface area (Å²) in [5.41, 5.74) is 0.942. The number of carbonyl (C=O) groups is 1. The van der Waals surface area contributed by atoms with Crippen LogP contribution in [0.15, 0.2) is 33.4 Å². The van der Waals surface area contributed by atoms with E-state index in [1.165, 1.54) is 6.26 Å². The van der Waals surface area contributed by atoms with Crippen LogP contribution in [0.1, 0.15) is 10.4 Å². The molecule has 0 bridgehead atoms. The fourth-order valence-electron chi connectivity index (χ4n) is 1.22. The average Bonchev–Trinajstić information content (AvgIpc) is 2.59. The Kier molecular flexibility index (Phi) is 2.26. The van der Waals surface area contributed by atoms with E-state index in [2.05, 4.69) is 20.8 Å². The van der Waals surface area contributed by atoms with E-state index >= 15 is 0 Å². The van der Waals surface area contributed by atoms with Crippen molar-refractivity contribution in [3.05, 3.63) is 34.5 Å². The van der Waals surface area contributed by atoms with Crippen LogP contribution in [0, 0.1) is 0 Å². The predicted molar refractivity (Wildman–Crippen MR) is 53.5 cm³/mol. The maximum Gasteiger partial charge on any atom is 0.360 e. The molecule has 0 amide bonds. The smallest absolute Gasteiger partial charge is 0.360 e. The zero-order valence-electron chi connectivity index (χ0n) is 6.99. The first-order chi connectivity index (χ1) is 6.72. The molecule has 4 nitrogen and oxygen atoms in total. The molecule has 0 spiro atoms. The SMILES string of the molecule is NOC(=O)c1coc2ccc(Br)cc12. The number of halogens is 1. The molecule has 0 saturated carbocycles. The second-order valence-electron chi connectivity index (χ2n) is 2.70. The largest absolute Gasteiger partial charge is 0.463 e. The molecule has 0 aliphatic heterocycles. The van der Waals surface area contributed by atoms with Gasteiger partial charge < -0.3 is 9.25 Å². The molecule has 0 aliphatic carbocycles. The van der Waals surface area contributed by atoms with Gasteiger partial charge in [-0.05, 0) is 18.2 Å². The van der Waals surface area contributed by atoms with Crippen molar-refractivity contribution < 1.29 is 14.0 Å². The lowest BCUT2D eigenvalue weighted by atomic mass is 10.2. The van der Waals surface area contributed by atoms with Gasteiger partial charge in [-0.3, -0.25) is 0 Å². The molecule has 2 N–H and O–H groups in total. The van der Waals surface area contributed by atoms with Crippen molar-refractivity contribution in [1.82, 2.24) is 0 Å². The van der Waals surface area contributed by atoms with Gasteiger partial charge in [-0.2, -0.15) is 5.90 Å². The number of rotatable bonds is 1. The minimum Gasteiger partial charge on any atom is -0.463 e. The van der Waals surface area contributed by atoms with Crippen molar-refractivity contribution in [2.75, 3.05) is 0 Å². The van der Waals surface area contributed by atoms with E-state index in [1.54, 1.807) is 12.1 Å². The van der Waals surface area contributed by atoms with Crippen LogP contribution in [-0.4, -0.2) is 5.97 Å². The number of fused-ring (bicyclic) bond motifs is 1. The van der Waals surface area contributed by atoms with Crippen LogP contribution in [0.5, 0.6) is 0 Å². The lowest BCUT2D eigenvalue weighted by Crippen LogP contribution is -2.09. The lowest BCUT2D eigenvalue weighted by molar-refractivity contribution is 0.0504. The summed E-state index contributed by atoms with van der Waals surface area (Å²) in [6.45, 7) is 0. The summed E-state index contributed by atoms with van der Waals surface area (Å²) in [4.78, 5) is 15.3. The standard InChI is InChI=1S/C9H6BrNO3/c10-5-1-2-8-6(3-5)7(4-13-8)9(12)14-11/h1-4H,11H2. The Labute approximate surface area is 87.7 Å². The van der Waals surface area contributed by atoms with Gasteiger partial charge in [-0.25, -0.2) is 4.79 Å². The maximum atomic E-state index is 11.2. The molecule has 1 aromatic heterocycles. The van der Waals surface area contributed by atoms with Crippen molar-refractivity contribution >= 4 is 32.9 Å². The van der Waals surface area contributed by atoms with Gasteiger partial charge in [-0.1, -0.05) is 15.9 Å². The molecule has 5 heteroatoms. The predicted octanol–water partition coefficient (Wildman–Crippen LogP) is 2.23. The second-order valence-corrected chi connectivity index (χ2v) is 3.61. The molecular weight excluding hydrogens is 250 g/mol. The fraction of sp³-hybridized carbons (Fsp3) is 0. The van der Waals surface area contributed by atoms with Gasteiger partial charge in [0.15, 0.2) is 0 Å². The third kappa shape index (κ3) is 1.40. The van der Waals surface area contributed by atoms with E-state index in [-0.39, 0.29) is 0 Å². The Bertz CT molecular complexity index is 492. The molecule has 14 heavy (non-hydrogen) atoms. The topological polar surface area (TPSA) is 65.5 Å². The number of benzene rings is 1.